The van der Waals surface area contributed by atoms with E-state index in [-0.39, 0.29) is 52.3 Å². The summed E-state index contributed by atoms with van der Waals surface area (Å²) in [6.07, 6.45) is 52.3. The Morgan fingerprint density at radius 3 is 2.48 bits per heavy atom. The molecule has 0 amide bonds. The molecule has 0 radical (unpaired) electrons. The van der Waals surface area contributed by atoms with Gasteiger partial charge in [-0.25, -0.2) is 0 Å². The van der Waals surface area contributed by atoms with Gasteiger partial charge in [-0.05, 0) is 272 Å². The summed E-state index contributed by atoms with van der Waals surface area (Å²) in [4.78, 5) is 15.7. The third kappa shape index (κ3) is 7.60. The van der Waals surface area contributed by atoms with Gasteiger partial charge in [0.1, 0.15) is 0 Å². The molecule has 3 aromatic rings. The molecule has 506 valence electrons. The van der Waals surface area contributed by atoms with Crippen LogP contribution in [0.3, 0.4) is 0 Å². The van der Waals surface area contributed by atoms with E-state index < -0.39 is 51.2 Å². The van der Waals surface area contributed by atoms with Crippen molar-refractivity contribution in [1.82, 2.24) is 10.6 Å². The number of rotatable bonds is 3. The van der Waals surface area contributed by atoms with E-state index in [1.807, 2.05) is 0 Å². The van der Waals surface area contributed by atoms with Crippen LogP contribution >= 0.6 is 0 Å². The van der Waals surface area contributed by atoms with Crippen molar-refractivity contribution in [2.24, 2.45) is 115 Å². The zero-order valence-electron chi connectivity index (χ0n) is 57.6. The van der Waals surface area contributed by atoms with Crippen LogP contribution in [0.5, 0.6) is 0 Å². The Kier molecular flexibility index (Phi) is 13.3. The fourth-order valence-corrected chi connectivity index (χ4v) is 30.8. The summed E-state index contributed by atoms with van der Waals surface area (Å²) >= 11 is 0. The molecule has 18 bridgehead atoms. The van der Waals surface area contributed by atoms with Crippen LogP contribution in [0.25, 0.3) is 23.3 Å². The number of carbonyl (C=O) groups is 1. The topological polar surface area (TPSA) is 122 Å². The Hall–Kier alpha value is -6.33. The number of fused-ring (bicyclic) bond motifs is 5. The van der Waals surface area contributed by atoms with E-state index in [9.17, 15) is 20.4 Å². The second-order valence-electron chi connectivity index (χ2n) is 36.1. The molecule has 23 atom stereocenters. The van der Waals surface area contributed by atoms with Crippen LogP contribution in [0.4, 0.5) is 0 Å². The summed E-state index contributed by atoms with van der Waals surface area (Å²) in [5.41, 5.74) is 11.0. The van der Waals surface area contributed by atoms with Gasteiger partial charge in [0, 0.05) is 64.3 Å². The molecule has 8 fully saturated rings. The number of carboxylic acid groups (broad SMARTS) is 1. The minimum Gasteiger partial charge on any atom is -0.516 e. The van der Waals surface area contributed by atoms with Gasteiger partial charge in [-0.1, -0.05) is 170 Å². The van der Waals surface area contributed by atoms with Crippen LogP contribution in [0.15, 0.2) is 156 Å². The number of hydrogen-bond acceptors (Lipinski definition) is 6. The zero-order valence-corrected chi connectivity index (χ0v) is 57.6. The summed E-state index contributed by atoms with van der Waals surface area (Å²) in [6.45, 7) is 1.52. The van der Waals surface area contributed by atoms with E-state index in [2.05, 4.69) is 156 Å². The smallest absolute Gasteiger partial charge is 0.307 e. The van der Waals surface area contributed by atoms with Gasteiger partial charge >= 0.3 is 5.97 Å². The highest BCUT2D eigenvalue weighted by atomic mass is 16.4. The van der Waals surface area contributed by atoms with Gasteiger partial charge in [0.25, 0.3) is 0 Å². The minimum atomic E-state index is -1.02. The van der Waals surface area contributed by atoms with Crippen LogP contribution in [0.1, 0.15) is 201 Å². The number of aliphatic hydroxyl groups is 3. The average molecular weight is 1300 g/mol. The fourth-order valence-electron chi connectivity index (χ4n) is 30.8. The van der Waals surface area contributed by atoms with Gasteiger partial charge in [-0.2, -0.15) is 0 Å². The number of carboxylic acids is 1. The van der Waals surface area contributed by atoms with Crippen LogP contribution in [0, 0.1) is 127 Å². The Morgan fingerprint density at radius 1 is 0.755 bits per heavy atom. The van der Waals surface area contributed by atoms with Crippen molar-refractivity contribution < 1.29 is 25.2 Å². The molecule has 4 heterocycles. The van der Waals surface area contributed by atoms with Crippen molar-refractivity contribution in [1.29, 1.82) is 0 Å². The predicted octanol–water partition coefficient (Wildman–Crippen LogP) is 16.5. The Balaban J connectivity index is 0.831. The third-order valence-electron chi connectivity index (χ3n) is 33.4. The number of benzene rings is 3. The second kappa shape index (κ2) is 21.6. The van der Waals surface area contributed by atoms with Gasteiger partial charge in [-0.3, -0.25) is 4.79 Å². The molecule has 3 aromatic carbocycles. The van der Waals surface area contributed by atoms with Crippen molar-refractivity contribution in [2.45, 2.75) is 191 Å². The van der Waals surface area contributed by atoms with Crippen LogP contribution < -0.4 is 21.1 Å². The van der Waals surface area contributed by atoms with E-state index in [0.29, 0.717) is 67.2 Å². The second-order valence-corrected chi connectivity index (χ2v) is 36.1. The Labute approximate surface area is 581 Å². The summed E-state index contributed by atoms with van der Waals surface area (Å²) in [7, 11) is 0. The lowest BCUT2D eigenvalue weighted by molar-refractivity contribution is -0.190. The maximum Gasteiger partial charge on any atom is 0.307 e. The molecule has 23 rings (SSSR count). The standard InChI is InChI=1S/C91H102N2O5/c94-53-64-29-32-74(83(97)98)90-43-35-70-80-62(49-85(70)48-61-27-26-58(45-65(61)50-85)54-13-3-1-4-14-54)28-31-71-81-72(34-41-88(90)40-10-21-73(82(90)96)91(80,81)88)89-42-36-76(95)86-37-9-18-57-24-22-56-23-25-59(63-30-33-77(93-52-63)92-44-11-20-66(64)55-15-5-2-6-16-55)46-68(56)78(57)79-67-19-8-7-17-60(67)47-75(89)69(79)51-87(71,84(86)89)39-12-38-86/h1,3-4,7-8,12-14,17,19,22-25,30,33,35,39,43,46-47,51,53,55,57-58,61-62,65-66,70-71,73-76,78,80,82,84,92-96H,2,5-6,10-11,15-16,20-21,26-29,31-32,34,36-38,40-42,44-45,48-50,52H2,(H,97,98)/b64-53+/t57-,58+,61-,62+,65+,66-,70+,71+,73+,74-,75+,76-,78-,80+,82+,84?,85+,86+,87+,88+,89+,90-,91+/m0/s1. The van der Waals surface area contributed by atoms with Crippen LogP contribution in [0.2, 0.25) is 0 Å². The highest BCUT2D eigenvalue weighted by Gasteiger charge is 2.87. The number of aliphatic hydroxyl groups excluding tert-OH is 3. The van der Waals surface area contributed by atoms with Crippen molar-refractivity contribution in [2.75, 3.05) is 13.1 Å². The summed E-state index contributed by atoms with van der Waals surface area (Å²) < 4.78 is 0. The van der Waals surface area contributed by atoms with Gasteiger partial charge in [0.05, 0.1) is 30.2 Å². The molecule has 16 aliphatic carbocycles. The minimum absolute atomic E-state index is 0.0292. The number of allylic oxidation sites excluding steroid dienone is 11. The molecular weight excluding hydrogens is 1200 g/mol. The Morgan fingerprint density at radius 2 is 1.61 bits per heavy atom. The van der Waals surface area contributed by atoms with E-state index >= 15 is 4.79 Å². The molecule has 7 nitrogen and oxygen atoms in total. The van der Waals surface area contributed by atoms with Crippen molar-refractivity contribution in [3.05, 3.63) is 188 Å². The molecule has 8 saturated carbocycles. The van der Waals surface area contributed by atoms with Crippen molar-refractivity contribution >= 4 is 29.3 Å². The molecule has 7 heteroatoms. The van der Waals surface area contributed by atoms with E-state index in [1.165, 1.54) is 113 Å². The SMILES string of the molecule is O=C(O)[C@@H]1CC/C(=C\O)[C@H](C2CCCCC2)CCCNC2=CC=C(CN2)c2ccc3c(c2)[C@H]2C4=c5ccccc5=C[C@@H]5C4=C[C@@]46C=CC[C@@]7(CC#C[C@H]2C=C3)C4[C@]5(CC[C@@H]7O)C2=C3[C@H]6CC[C@@H]4C[C@]5(C[C@H]6C[C@H](c7ccccc7)CC[C@H]6C5)[C@@H]5C=C[C@@]16[C@H](O)[C@H]1CCC[C@]6(CC2)[C@]31[C@H]45. The Bertz CT molecular complexity index is 4370. The van der Waals surface area contributed by atoms with Crippen molar-refractivity contribution in [3.8, 4) is 11.8 Å². The van der Waals surface area contributed by atoms with Crippen LogP contribution in [-0.4, -0.2) is 51.7 Å². The van der Waals surface area contributed by atoms with E-state index in [1.54, 1.807) is 11.1 Å². The molecular formula is C91H102N2O5. The highest BCUT2D eigenvalue weighted by Crippen LogP contribution is 2.92. The normalized spacial score (nSPS) is 46.4. The van der Waals surface area contributed by atoms with Gasteiger partial charge in [0.15, 0.2) is 0 Å². The first-order valence-corrected chi connectivity index (χ1v) is 39.8. The molecule has 4 aliphatic heterocycles. The monoisotopic (exact) mass is 1300 g/mol. The number of nitrogens with one attached hydrogen (secondary N) is 2. The zero-order chi connectivity index (χ0) is 65.3. The lowest BCUT2D eigenvalue weighted by Crippen LogP contribution is -2.71. The molecule has 1 unspecified atom stereocenters. The maximum atomic E-state index is 15.7. The average Bonchev–Trinajstić information content (AvgIpc) is 1.30. The van der Waals surface area contributed by atoms with E-state index in [0.717, 1.165) is 108 Å². The number of hydrogen-bond donors (Lipinski definition) is 6. The van der Waals surface area contributed by atoms with Gasteiger partial charge < -0.3 is 31.1 Å². The molecule has 0 aromatic heterocycles. The first kappa shape index (κ1) is 60.4. The predicted molar refractivity (Wildman–Crippen MR) is 387 cm³/mol. The largest absolute Gasteiger partial charge is 0.516 e. The number of aliphatic carboxylic acids is 1. The fraction of sp³-hybridized carbons (Fsp3) is 0.571. The van der Waals surface area contributed by atoms with Gasteiger partial charge in [-0.15, -0.1) is 5.92 Å². The first-order chi connectivity index (χ1) is 48.0. The van der Waals surface area contributed by atoms with Crippen molar-refractivity contribution in [3.63, 3.8) is 0 Å². The quantitative estimate of drug-likeness (QED) is 0.0877. The third-order valence-corrected chi connectivity index (χ3v) is 33.4. The van der Waals surface area contributed by atoms with E-state index in [4.69, 9.17) is 0 Å². The van der Waals surface area contributed by atoms with Crippen LogP contribution in [-0.2, 0) is 4.79 Å². The molecule has 4 spiro atoms. The molecule has 0 saturated heterocycles. The lowest BCUT2D eigenvalue weighted by Gasteiger charge is -2.76. The maximum absolute atomic E-state index is 15.7. The number of dihydropyridines is 1. The first-order valence-electron chi connectivity index (χ1n) is 39.8. The molecule has 6 N–H and O–H groups in total. The lowest BCUT2D eigenvalue weighted by atomic mass is 9.27. The molecule has 20 aliphatic rings. The summed E-state index contributed by atoms with van der Waals surface area (Å²) in [6, 6.07) is 28.3. The highest BCUT2D eigenvalue weighted by molar-refractivity contribution is 5.84. The summed E-state index contributed by atoms with van der Waals surface area (Å²) in [5.74, 6) is 11.4. The summed E-state index contributed by atoms with van der Waals surface area (Å²) in [5, 5.41) is 63.6. The molecule has 98 heavy (non-hydrogen) atoms. The van der Waals surface area contributed by atoms with Gasteiger partial charge in [0.2, 0.25) is 0 Å².